The maximum Gasteiger partial charge on any atom is 0.253 e. The van der Waals surface area contributed by atoms with E-state index in [1.54, 1.807) is 0 Å². The van der Waals surface area contributed by atoms with Gasteiger partial charge in [0, 0.05) is 18.5 Å². The zero-order valence-corrected chi connectivity index (χ0v) is 12.9. The lowest BCUT2D eigenvalue weighted by Crippen LogP contribution is -2.61. The van der Waals surface area contributed by atoms with E-state index in [4.69, 9.17) is 18.0 Å². The van der Waals surface area contributed by atoms with Gasteiger partial charge < -0.3 is 16.0 Å². The van der Waals surface area contributed by atoms with E-state index in [1.807, 2.05) is 17.7 Å². The second-order valence-electron chi connectivity index (χ2n) is 5.17. The van der Waals surface area contributed by atoms with E-state index in [1.165, 1.54) is 11.3 Å². The van der Waals surface area contributed by atoms with Gasteiger partial charge in [0.15, 0.2) is 0 Å². The first-order valence-corrected chi connectivity index (χ1v) is 7.63. The molecular weight excluding hydrogens is 278 g/mol. The number of rotatable bonds is 3. The van der Waals surface area contributed by atoms with Crippen LogP contribution >= 0.6 is 23.6 Å². The van der Waals surface area contributed by atoms with Gasteiger partial charge in [0.1, 0.15) is 0 Å². The summed E-state index contributed by atoms with van der Waals surface area (Å²) in [6.45, 7) is 3.72. The molecule has 0 saturated carbocycles. The summed E-state index contributed by atoms with van der Waals surface area (Å²) in [6, 6.07) is 0. The van der Waals surface area contributed by atoms with Crippen molar-refractivity contribution in [2.45, 2.75) is 25.3 Å². The number of amides is 1. The van der Waals surface area contributed by atoms with Gasteiger partial charge in [0.05, 0.1) is 16.1 Å². The molecule has 19 heavy (non-hydrogen) atoms. The van der Waals surface area contributed by atoms with Gasteiger partial charge in [0.25, 0.3) is 5.91 Å². The van der Waals surface area contributed by atoms with E-state index in [-0.39, 0.29) is 5.91 Å². The number of thiophene rings is 1. The van der Waals surface area contributed by atoms with Crippen LogP contribution in [0.5, 0.6) is 0 Å². The minimum atomic E-state index is -0.534. The Hall–Kier alpha value is -0.980. The summed E-state index contributed by atoms with van der Waals surface area (Å²) in [5.74, 6) is -0.0731. The lowest BCUT2D eigenvalue weighted by Gasteiger charge is -2.40. The van der Waals surface area contributed by atoms with E-state index in [2.05, 4.69) is 17.3 Å². The van der Waals surface area contributed by atoms with Gasteiger partial charge in [0.2, 0.25) is 0 Å². The average molecular weight is 297 g/mol. The number of carbonyl (C=O) groups excluding carboxylic acids is 1. The van der Waals surface area contributed by atoms with Gasteiger partial charge in [-0.15, -0.1) is 0 Å². The summed E-state index contributed by atoms with van der Waals surface area (Å²) < 4.78 is 0. The highest BCUT2D eigenvalue weighted by atomic mass is 32.1. The first kappa shape index (κ1) is 14.4. The fourth-order valence-electron chi connectivity index (χ4n) is 2.31. The quantitative estimate of drug-likeness (QED) is 0.831. The molecule has 1 aliphatic heterocycles. The minimum absolute atomic E-state index is 0.0731. The second-order valence-corrected chi connectivity index (χ2v) is 6.36. The molecule has 0 aromatic carbocycles. The smallest absolute Gasteiger partial charge is 0.253 e. The first-order valence-electron chi connectivity index (χ1n) is 6.28. The number of hydrogen-bond donors (Lipinski definition) is 2. The van der Waals surface area contributed by atoms with Crippen LogP contribution in [0.25, 0.3) is 0 Å². The third-order valence-corrected chi connectivity index (χ3v) is 5.02. The highest BCUT2D eigenvalue weighted by molar-refractivity contribution is 7.80. The highest BCUT2D eigenvalue weighted by Gasteiger charge is 2.38. The molecule has 0 bridgehead atoms. The molecule has 0 radical (unpaired) electrons. The Morgan fingerprint density at radius 3 is 2.58 bits per heavy atom. The van der Waals surface area contributed by atoms with Crippen LogP contribution in [-0.2, 0) is 0 Å². The minimum Gasteiger partial charge on any atom is -0.391 e. The summed E-state index contributed by atoms with van der Waals surface area (Å²) in [4.78, 5) is 15.0. The SMILES string of the molecule is Cc1cscc1C(=O)NC1(C(N)=S)CCN(C)CC1. The molecule has 104 valence electrons. The monoisotopic (exact) mass is 297 g/mol. The van der Waals surface area contributed by atoms with Crippen molar-refractivity contribution in [3.63, 3.8) is 0 Å². The van der Waals surface area contributed by atoms with Gasteiger partial charge in [-0.1, -0.05) is 12.2 Å². The fraction of sp³-hybridized carbons (Fsp3) is 0.538. The Morgan fingerprint density at radius 2 is 2.11 bits per heavy atom. The number of nitrogens with one attached hydrogen (secondary N) is 1. The average Bonchev–Trinajstić information content (AvgIpc) is 2.78. The molecule has 3 N–H and O–H groups in total. The third kappa shape index (κ3) is 2.96. The highest BCUT2D eigenvalue weighted by Crippen LogP contribution is 2.24. The molecular formula is C13H19N3OS2. The molecule has 0 spiro atoms. The summed E-state index contributed by atoms with van der Waals surface area (Å²) in [5, 5.41) is 6.91. The first-order chi connectivity index (χ1) is 8.94. The Kier molecular flexibility index (Phi) is 4.23. The van der Waals surface area contributed by atoms with Crippen molar-refractivity contribution in [1.82, 2.24) is 10.2 Å². The number of piperidine rings is 1. The molecule has 4 nitrogen and oxygen atoms in total. The molecule has 0 aliphatic carbocycles. The van der Waals surface area contributed by atoms with Gasteiger partial charge in [-0.05, 0) is 37.8 Å². The fourth-order valence-corrected chi connectivity index (χ4v) is 3.39. The number of aryl methyl sites for hydroxylation is 1. The maximum absolute atomic E-state index is 12.4. The van der Waals surface area contributed by atoms with Crippen molar-refractivity contribution in [1.29, 1.82) is 0 Å². The maximum atomic E-state index is 12.4. The largest absolute Gasteiger partial charge is 0.391 e. The summed E-state index contributed by atoms with van der Waals surface area (Å²) in [7, 11) is 2.06. The summed E-state index contributed by atoms with van der Waals surface area (Å²) in [6.07, 6.45) is 1.54. The molecule has 0 unspecified atom stereocenters. The van der Waals surface area contributed by atoms with Crippen LogP contribution < -0.4 is 11.1 Å². The van der Waals surface area contributed by atoms with Crippen molar-refractivity contribution in [3.8, 4) is 0 Å². The molecule has 0 atom stereocenters. The van der Waals surface area contributed by atoms with Crippen molar-refractivity contribution >= 4 is 34.5 Å². The number of thiocarbonyl (C=S) groups is 1. The molecule has 1 aromatic rings. The van der Waals surface area contributed by atoms with Crippen molar-refractivity contribution in [3.05, 3.63) is 21.9 Å². The van der Waals surface area contributed by atoms with Gasteiger partial charge in [-0.3, -0.25) is 4.79 Å². The molecule has 1 fully saturated rings. The van der Waals surface area contributed by atoms with E-state index in [0.29, 0.717) is 4.99 Å². The number of nitrogens with zero attached hydrogens (tertiary/aromatic N) is 1. The van der Waals surface area contributed by atoms with Crippen molar-refractivity contribution in [2.24, 2.45) is 5.73 Å². The lowest BCUT2D eigenvalue weighted by molar-refractivity contribution is 0.0890. The van der Waals surface area contributed by atoms with Crippen molar-refractivity contribution < 1.29 is 4.79 Å². The predicted octanol–water partition coefficient (Wildman–Crippen LogP) is 1.54. The summed E-state index contributed by atoms with van der Waals surface area (Å²) >= 11 is 6.73. The number of likely N-dealkylation sites (tertiary alicyclic amines) is 1. The lowest BCUT2D eigenvalue weighted by atomic mass is 9.87. The van der Waals surface area contributed by atoms with Gasteiger partial charge >= 0.3 is 0 Å². The van der Waals surface area contributed by atoms with Crippen LogP contribution in [0.4, 0.5) is 0 Å². The Morgan fingerprint density at radius 1 is 1.47 bits per heavy atom. The Balaban J connectivity index is 2.16. The van der Waals surface area contributed by atoms with Crippen LogP contribution in [0.2, 0.25) is 0 Å². The molecule has 1 aromatic heterocycles. The van der Waals surface area contributed by atoms with E-state index in [9.17, 15) is 4.79 Å². The molecule has 1 amide bonds. The topological polar surface area (TPSA) is 58.4 Å². The molecule has 2 heterocycles. The number of hydrogen-bond acceptors (Lipinski definition) is 4. The van der Waals surface area contributed by atoms with Gasteiger partial charge in [-0.2, -0.15) is 11.3 Å². The third-order valence-electron chi connectivity index (χ3n) is 3.77. The van der Waals surface area contributed by atoms with Crippen LogP contribution in [0, 0.1) is 6.92 Å². The predicted molar refractivity (Wildman–Crippen MR) is 82.8 cm³/mol. The molecule has 1 saturated heterocycles. The Labute approximate surface area is 123 Å². The van der Waals surface area contributed by atoms with Crippen LogP contribution in [0.15, 0.2) is 10.8 Å². The normalized spacial score (nSPS) is 19.1. The van der Waals surface area contributed by atoms with Crippen LogP contribution in [0.1, 0.15) is 28.8 Å². The van der Waals surface area contributed by atoms with Crippen LogP contribution in [0.3, 0.4) is 0 Å². The van der Waals surface area contributed by atoms with Gasteiger partial charge in [-0.25, -0.2) is 0 Å². The van der Waals surface area contributed by atoms with E-state index < -0.39 is 5.54 Å². The molecule has 1 aliphatic rings. The van der Waals surface area contributed by atoms with E-state index >= 15 is 0 Å². The summed E-state index contributed by atoms with van der Waals surface area (Å²) in [5.41, 5.74) is 7.07. The number of carbonyl (C=O) groups is 1. The Bertz CT molecular complexity index is 490. The standard InChI is InChI=1S/C13H19N3OS2/c1-9-7-19-8-10(9)11(17)15-13(12(14)18)3-5-16(2)6-4-13/h7-8H,3-6H2,1-2H3,(H2,14,18)(H,15,17). The van der Waals surface area contributed by atoms with Crippen LogP contribution in [-0.4, -0.2) is 41.5 Å². The second kappa shape index (κ2) is 5.56. The van der Waals surface area contributed by atoms with E-state index in [0.717, 1.165) is 37.1 Å². The van der Waals surface area contributed by atoms with Crippen molar-refractivity contribution in [2.75, 3.05) is 20.1 Å². The zero-order valence-electron chi connectivity index (χ0n) is 11.2. The number of nitrogens with two attached hydrogens (primary N) is 1. The zero-order chi connectivity index (χ0) is 14.0. The molecule has 2 rings (SSSR count). The molecule has 6 heteroatoms.